The van der Waals surface area contributed by atoms with E-state index in [1.807, 2.05) is 11.4 Å². The minimum Gasteiger partial charge on any atom is -0.271 e. The molecule has 4 heteroatoms. The Morgan fingerprint density at radius 3 is 3.36 bits per heavy atom. The smallest absolute Gasteiger partial charge is 0.262 e. The number of fused-ring (bicyclic) bond motifs is 1. The Hall–Kier alpha value is -0.830. The number of isothiocyanates is 1. The Bertz CT molecular complexity index is 404. The van der Waals surface area contributed by atoms with E-state index in [0.29, 0.717) is 0 Å². The van der Waals surface area contributed by atoms with E-state index >= 15 is 0 Å². The molecule has 1 aromatic heterocycles. The van der Waals surface area contributed by atoms with Gasteiger partial charge in [0.05, 0.1) is 11.1 Å². The van der Waals surface area contributed by atoms with Gasteiger partial charge in [-0.25, -0.2) is 0 Å². The van der Waals surface area contributed by atoms with Crippen molar-refractivity contribution in [3.05, 3.63) is 21.9 Å². The average Bonchev–Trinajstić information content (AvgIpc) is 2.65. The third-order valence-corrected chi connectivity index (χ3v) is 3.59. The molecule has 0 saturated carbocycles. The first-order valence-corrected chi connectivity index (χ1v) is 5.79. The summed E-state index contributed by atoms with van der Waals surface area (Å²) >= 11 is 6.17. The molecule has 1 aromatic rings. The minimum atomic E-state index is -0.139. The Labute approximate surface area is 91.7 Å². The second-order valence-corrected chi connectivity index (χ2v) is 4.47. The Balaban J connectivity index is 2.32. The molecular weight excluding hydrogens is 214 g/mol. The summed E-state index contributed by atoms with van der Waals surface area (Å²) in [5, 5.41) is 4.19. The second kappa shape index (κ2) is 4.13. The van der Waals surface area contributed by atoms with E-state index in [9.17, 15) is 4.79 Å². The molecule has 1 aliphatic rings. The molecule has 72 valence electrons. The van der Waals surface area contributed by atoms with E-state index in [1.165, 1.54) is 4.88 Å². The van der Waals surface area contributed by atoms with Crippen LogP contribution < -0.4 is 0 Å². The van der Waals surface area contributed by atoms with Crippen LogP contribution in [0.3, 0.4) is 0 Å². The molecule has 0 bridgehead atoms. The molecule has 2 rings (SSSR count). The maximum absolute atomic E-state index is 11.6. The highest BCUT2D eigenvalue weighted by Crippen LogP contribution is 2.35. The number of carbonyl (C=O) groups excluding carboxylic acids is 1. The number of amides is 1. The largest absolute Gasteiger partial charge is 0.271 e. The summed E-state index contributed by atoms with van der Waals surface area (Å²) in [5.41, 5.74) is 1.15. The van der Waals surface area contributed by atoms with Crippen LogP contribution in [0.1, 0.15) is 29.2 Å². The molecule has 1 atom stereocenters. The molecule has 2 nitrogen and oxygen atoms in total. The van der Waals surface area contributed by atoms with E-state index in [4.69, 9.17) is 0 Å². The molecular formula is C10H9NOS2. The summed E-state index contributed by atoms with van der Waals surface area (Å²) in [7, 11) is 0. The van der Waals surface area contributed by atoms with Crippen LogP contribution >= 0.6 is 23.6 Å². The van der Waals surface area contributed by atoms with Crippen LogP contribution in [0.25, 0.3) is 0 Å². The van der Waals surface area contributed by atoms with E-state index in [1.54, 1.807) is 11.3 Å². The maximum Gasteiger partial charge on any atom is 0.262 e. The third kappa shape index (κ3) is 1.69. The molecule has 1 amide bonds. The zero-order chi connectivity index (χ0) is 9.97. The lowest BCUT2D eigenvalue weighted by Crippen LogP contribution is -2.14. The number of aryl methyl sites for hydroxylation is 1. The molecule has 1 unspecified atom stereocenters. The predicted octanol–water partition coefficient (Wildman–Crippen LogP) is 2.80. The van der Waals surface area contributed by atoms with Gasteiger partial charge in [-0.05, 0) is 48.5 Å². The van der Waals surface area contributed by atoms with Crippen LogP contribution in [-0.4, -0.2) is 11.1 Å². The molecule has 0 aliphatic heterocycles. The van der Waals surface area contributed by atoms with Gasteiger partial charge in [0, 0.05) is 4.88 Å². The van der Waals surface area contributed by atoms with Crippen molar-refractivity contribution in [2.75, 3.05) is 0 Å². The highest BCUT2D eigenvalue weighted by Gasteiger charge is 2.26. The van der Waals surface area contributed by atoms with Crippen molar-refractivity contribution < 1.29 is 4.79 Å². The number of rotatable bonds is 1. The van der Waals surface area contributed by atoms with Gasteiger partial charge in [0.25, 0.3) is 5.91 Å². The summed E-state index contributed by atoms with van der Waals surface area (Å²) in [5.74, 6) is -0.209. The molecule has 1 heterocycles. The number of thiophene rings is 1. The van der Waals surface area contributed by atoms with Crippen LogP contribution in [-0.2, 0) is 11.2 Å². The first-order valence-electron chi connectivity index (χ1n) is 4.51. The molecule has 1 aliphatic carbocycles. The van der Waals surface area contributed by atoms with Crippen LogP contribution in [0, 0.1) is 0 Å². The first kappa shape index (κ1) is 9.71. The molecule has 0 saturated heterocycles. The zero-order valence-electron chi connectivity index (χ0n) is 7.53. The molecule has 0 spiro atoms. The summed E-state index contributed by atoms with van der Waals surface area (Å²) in [6.07, 6.45) is 3.05. The van der Waals surface area contributed by atoms with Crippen molar-refractivity contribution in [2.45, 2.75) is 25.2 Å². The number of hydrogen-bond donors (Lipinski definition) is 0. The first-order chi connectivity index (χ1) is 6.83. The summed E-state index contributed by atoms with van der Waals surface area (Å²) < 4.78 is 0. The van der Waals surface area contributed by atoms with Gasteiger partial charge in [0.1, 0.15) is 0 Å². The Kier molecular flexibility index (Phi) is 2.87. The lowest BCUT2D eigenvalue weighted by atomic mass is 9.87. The second-order valence-electron chi connectivity index (χ2n) is 3.29. The minimum absolute atomic E-state index is 0.0690. The molecule has 0 N–H and O–H groups in total. The van der Waals surface area contributed by atoms with Gasteiger partial charge in [-0.15, -0.1) is 11.3 Å². The van der Waals surface area contributed by atoms with E-state index in [-0.39, 0.29) is 11.8 Å². The number of aliphatic imine (C=N–C) groups is 1. The summed E-state index contributed by atoms with van der Waals surface area (Å²) in [6, 6.07) is 2.03. The van der Waals surface area contributed by atoms with Gasteiger partial charge in [-0.1, -0.05) is 0 Å². The van der Waals surface area contributed by atoms with Crippen LogP contribution in [0.2, 0.25) is 0 Å². The number of nitrogens with zero attached hydrogens (tertiary/aromatic N) is 1. The molecule has 0 aromatic carbocycles. The summed E-state index contributed by atoms with van der Waals surface area (Å²) in [6.45, 7) is 0. The van der Waals surface area contributed by atoms with E-state index in [0.717, 1.165) is 24.8 Å². The summed E-state index contributed by atoms with van der Waals surface area (Å²) in [4.78, 5) is 16.5. The van der Waals surface area contributed by atoms with Gasteiger partial charge in [-0.2, -0.15) is 4.99 Å². The zero-order valence-corrected chi connectivity index (χ0v) is 9.16. The molecule has 14 heavy (non-hydrogen) atoms. The highest BCUT2D eigenvalue weighted by atomic mass is 32.1. The topological polar surface area (TPSA) is 29.4 Å². The third-order valence-electron chi connectivity index (χ3n) is 2.51. The predicted molar refractivity (Wildman–Crippen MR) is 60.0 cm³/mol. The van der Waals surface area contributed by atoms with Crippen molar-refractivity contribution in [3.63, 3.8) is 0 Å². The van der Waals surface area contributed by atoms with Crippen LogP contribution in [0.15, 0.2) is 16.4 Å². The highest BCUT2D eigenvalue weighted by molar-refractivity contribution is 7.78. The van der Waals surface area contributed by atoms with Crippen molar-refractivity contribution in [1.82, 2.24) is 0 Å². The van der Waals surface area contributed by atoms with E-state index < -0.39 is 0 Å². The fraction of sp³-hybridized carbons (Fsp3) is 0.400. The lowest BCUT2D eigenvalue weighted by molar-refractivity contribution is -0.119. The number of carbonyl (C=O) groups is 1. The monoisotopic (exact) mass is 223 g/mol. The van der Waals surface area contributed by atoms with Crippen LogP contribution in [0.4, 0.5) is 0 Å². The average molecular weight is 223 g/mol. The number of thiocarbonyl (C=S) groups is 1. The van der Waals surface area contributed by atoms with Gasteiger partial charge >= 0.3 is 0 Å². The Morgan fingerprint density at radius 2 is 2.57 bits per heavy atom. The SMILES string of the molecule is O=C(N=C=S)C1CCCc2sccc21. The van der Waals surface area contributed by atoms with Gasteiger partial charge in [-0.3, -0.25) is 4.79 Å². The Morgan fingerprint density at radius 1 is 1.71 bits per heavy atom. The van der Waals surface area contributed by atoms with E-state index in [2.05, 4.69) is 22.4 Å². The van der Waals surface area contributed by atoms with Crippen LogP contribution in [0.5, 0.6) is 0 Å². The van der Waals surface area contributed by atoms with Crippen molar-refractivity contribution in [3.8, 4) is 0 Å². The van der Waals surface area contributed by atoms with Gasteiger partial charge in [0.2, 0.25) is 0 Å². The van der Waals surface area contributed by atoms with Crippen molar-refractivity contribution in [1.29, 1.82) is 0 Å². The standard InChI is InChI=1S/C10H9NOS2/c12-10(11-6-13)8-2-1-3-9-7(8)4-5-14-9/h4-5,8H,1-3H2. The normalized spacial score (nSPS) is 19.6. The fourth-order valence-corrected chi connectivity index (χ4v) is 2.94. The lowest BCUT2D eigenvalue weighted by Gasteiger charge is -2.18. The molecule has 0 radical (unpaired) electrons. The maximum atomic E-state index is 11.6. The van der Waals surface area contributed by atoms with Gasteiger partial charge < -0.3 is 0 Å². The van der Waals surface area contributed by atoms with Crippen molar-refractivity contribution in [2.24, 2.45) is 4.99 Å². The van der Waals surface area contributed by atoms with Gasteiger partial charge in [0.15, 0.2) is 0 Å². The van der Waals surface area contributed by atoms with Crippen molar-refractivity contribution >= 4 is 34.6 Å². The fourth-order valence-electron chi connectivity index (χ4n) is 1.87. The number of hydrogen-bond acceptors (Lipinski definition) is 3. The quantitative estimate of drug-likeness (QED) is 0.541. The molecule has 0 fully saturated rings.